The lowest BCUT2D eigenvalue weighted by atomic mass is 9.85. The Kier molecular flexibility index (Phi) is 6.15. The Hall–Kier alpha value is -7.02. The first-order valence-corrected chi connectivity index (χ1v) is 18.8. The molecular weight excluding hydrogens is 649 g/mol. The number of rotatable bonds is 4. The number of fused-ring (bicyclic) bond motifs is 1. The quantitative estimate of drug-likeness (QED) is 0.162. The lowest BCUT2D eigenvalue weighted by Gasteiger charge is -2.18. The van der Waals surface area contributed by atoms with Gasteiger partial charge in [0.05, 0.1) is 0 Å². The molecule has 54 heavy (non-hydrogen) atoms. The highest BCUT2D eigenvalue weighted by Crippen LogP contribution is 2.45. The van der Waals surface area contributed by atoms with E-state index in [9.17, 15) is 0 Å². The average Bonchev–Trinajstić information content (AvgIpc) is 3.24. The molecule has 0 saturated heterocycles. The van der Waals surface area contributed by atoms with Crippen molar-refractivity contribution in [2.45, 2.75) is 0 Å². The molecule has 0 N–H and O–H groups in total. The van der Waals surface area contributed by atoms with Gasteiger partial charge in [-0.2, -0.15) is 0 Å². The van der Waals surface area contributed by atoms with Crippen molar-refractivity contribution in [1.29, 1.82) is 0 Å². The summed E-state index contributed by atoms with van der Waals surface area (Å²) in [4.78, 5) is 0. The highest BCUT2D eigenvalue weighted by molar-refractivity contribution is 6.27. The zero-order chi connectivity index (χ0) is 35.3. The molecule has 0 aliphatic carbocycles. The number of benzene rings is 12. The first-order valence-electron chi connectivity index (χ1n) is 18.8. The second kappa shape index (κ2) is 11.2. The van der Waals surface area contributed by atoms with Crippen LogP contribution in [-0.4, -0.2) is 0 Å². The molecule has 0 amide bonds. The van der Waals surface area contributed by atoms with Crippen LogP contribution in [0.4, 0.5) is 0 Å². The van der Waals surface area contributed by atoms with Crippen LogP contribution in [0.25, 0.3) is 120 Å². The third-order valence-electron chi connectivity index (χ3n) is 12.0. The summed E-state index contributed by atoms with van der Waals surface area (Å²) in [6, 6.07) is 72.5. The Balaban J connectivity index is 1.05. The van der Waals surface area contributed by atoms with Crippen LogP contribution in [0.5, 0.6) is 0 Å². The first kappa shape index (κ1) is 29.5. The lowest BCUT2D eigenvalue weighted by Crippen LogP contribution is -1.91. The fraction of sp³-hybridized carbons (Fsp3) is 0. The second-order valence-electron chi connectivity index (χ2n) is 14.8. The van der Waals surface area contributed by atoms with Crippen molar-refractivity contribution in [2.75, 3.05) is 0 Å². The third kappa shape index (κ3) is 4.32. The summed E-state index contributed by atoms with van der Waals surface area (Å²) in [7, 11) is 0. The number of hydrogen-bond donors (Lipinski definition) is 0. The van der Waals surface area contributed by atoms with Gasteiger partial charge in [-0.05, 0) is 132 Å². The Morgan fingerprint density at radius 3 is 1.20 bits per heavy atom. The standard InChI is InChI=1S/C54H32/c1-2-6-42-31-43(20-11-33(42)5-1)44-25-27-46(50(32-44)47-28-22-41-19-17-37-8-4-10-39-24-30-49(47)54(41)52(37)39)35-14-12-34(13-15-35)45-26-21-40-18-16-36-7-3-9-38-23-29-48(45)53(40)51(36)38/h1-32H. The normalized spacial score (nSPS) is 12.1. The molecule has 12 aromatic carbocycles. The van der Waals surface area contributed by atoms with Crippen molar-refractivity contribution < 1.29 is 0 Å². The van der Waals surface area contributed by atoms with E-state index in [2.05, 4.69) is 194 Å². The summed E-state index contributed by atoms with van der Waals surface area (Å²) in [6.45, 7) is 0. The molecule has 12 rings (SSSR count). The molecule has 0 aromatic heterocycles. The van der Waals surface area contributed by atoms with E-state index >= 15 is 0 Å². The molecule has 0 atom stereocenters. The summed E-state index contributed by atoms with van der Waals surface area (Å²) in [5.41, 5.74) is 9.89. The summed E-state index contributed by atoms with van der Waals surface area (Å²) in [5.74, 6) is 0. The Bertz CT molecular complexity index is 3390. The van der Waals surface area contributed by atoms with Crippen LogP contribution in [0.1, 0.15) is 0 Å². The Morgan fingerprint density at radius 2 is 0.574 bits per heavy atom. The van der Waals surface area contributed by atoms with Crippen LogP contribution in [0.2, 0.25) is 0 Å². The van der Waals surface area contributed by atoms with Crippen molar-refractivity contribution in [3.8, 4) is 44.5 Å². The van der Waals surface area contributed by atoms with Crippen LogP contribution in [0.3, 0.4) is 0 Å². The number of hydrogen-bond acceptors (Lipinski definition) is 0. The summed E-state index contributed by atoms with van der Waals surface area (Å²) in [5, 5.41) is 18.2. The third-order valence-corrected chi connectivity index (χ3v) is 12.0. The minimum Gasteiger partial charge on any atom is -0.0616 e. The van der Waals surface area contributed by atoms with Gasteiger partial charge in [0.25, 0.3) is 0 Å². The second-order valence-corrected chi connectivity index (χ2v) is 14.8. The molecule has 0 saturated carbocycles. The van der Waals surface area contributed by atoms with Crippen molar-refractivity contribution >= 4 is 75.4 Å². The van der Waals surface area contributed by atoms with E-state index in [1.54, 1.807) is 0 Å². The topological polar surface area (TPSA) is 0 Å². The van der Waals surface area contributed by atoms with Gasteiger partial charge in [0, 0.05) is 0 Å². The van der Waals surface area contributed by atoms with Gasteiger partial charge in [0.15, 0.2) is 0 Å². The van der Waals surface area contributed by atoms with E-state index in [0.29, 0.717) is 0 Å². The van der Waals surface area contributed by atoms with Crippen molar-refractivity contribution in [2.24, 2.45) is 0 Å². The molecule has 0 radical (unpaired) electrons. The molecule has 0 unspecified atom stereocenters. The van der Waals surface area contributed by atoms with Gasteiger partial charge in [-0.3, -0.25) is 0 Å². The molecule has 0 aliphatic heterocycles. The fourth-order valence-corrected chi connectivity index (χ4v) is 9.35. The van der Waals surface area contributed by atoms with Gasteiger partial charge >= 0.3 is 0 Å². The van der Waals surface area contributed by atoms with E-state index in [4.69, 9.17) is 0 Å². The molecule has 0 aliphatic rings. The van der Waals surface area contributed by atoms with Crippen LogP contribution in [0.15, 0.2) is 194 Å². The minimum atomic E-state index is 1.21. The largest absolute Gasteiger partial charge is 0.0616 e. The smallest absolute Gasteiger partial charge is 0.00206 e. The molecule has 0 bridgehead atoms. The van der Waals surface area contributed by atoms with Crippen molar-refractivity contribution in [3.05, 3.63) is 194 Å². The maximum atomic E-state index is 2.42. The molecule has 0 heteroatoms. The Labute approximate surface area is 312 Å². The fourth-order valence-electron chi connectivity index (χ4n) is 9.35. The van der Waals surface area contributed by atoms with Crippen molar-refractivity contribution in [1.82, 2.24) is 0 Å². The van der Waals surface area contributed by atoms with Gasteiger partial charge in [0.2, 0.25) is 0 Å². The van der Waals surface area contributed by atoms with Crippen LogP contribution < -0.4 is 0 Å². The molecular formula is C54H32. The predicted octanol–water partition coefficient (Wildman–Crippen LogP) is 15.3. The van der Waals surface area contributed by atoms with E-state index in [1.165, 1.54) is 120 Å². The average molecular weight is 681 g/mol. The van der Waals surface area contributed by atoms with Crippen molar-refractivity contribution in [3.63, 3.8) is 0 Å². The summed E-state index contributed by atoms with van der Waals surface area (Å²) < 4.78 is 0. The molecule has 0 spiro atoms. The first-order chi connectivity index (χ1) is 26.7. The van der Waals surface area contributed by atoms with Gasteiger partial charge in [-0.25, -0.2) is 0 Å². The monoisotopic (exact) mass is 680 g/mol. The lowest BCUT2D eigenvalue weighted by molar-refractivity contribution is 1.58. The summed E-state index contributed by atoms with van der Waals surface area (Å²) in [6.07, 6.45) is 0. The Morgan fingerprint density at radius 1 is 0.185 bits per heavy atom. The molecule has 0 fully saturated rings. The zero-order valence-electron chi connectivity index (χ0n) is 29.5. The van der Waals surface area contributed by atoms with Crippen LogP contribution >= 0.6 is 0 Å². The van der Waals surface area contributed by atoms with Gasteiger partial charge in [0.1, 0.15) is 0 Å². The summed E-state index contributed by atoms with van der Waals surface area (Å²) >= 11 is 0. The van der Waals surface area contributed by atoms with Gasteiger partial charge in [-0.1, -0.05) is 182 Å². The molecule has 12 aromatic rings. The highest BCUT2D eigenvalue weighted by Gasteiger charge is 2.17. The molecule has 248 valence electrons. The minimum absolute atomic E-state index is 1.21. The zero-order valence-corrected chi connectivity index (χ0v) is 29.5. The molecule has 0 nitrogen and oxygen atoms in total. The van der Waals surface area contributed by atoms with Gasteiger partial charge in [-0.15, -0.1) is 0 Å². The van der Waals surface area contributed by atoms with Crippen LogP contribution in [0, 0.1) is 0 Å². The predicted molar refractivity (Wildman–Crippen MR) is 233 cm³/mol. The highest BCUT2D eigenvalue weighted by atomic mass is 14.2. The van der Waals surface area contributed by atoms with E-state index in [-0.39, 0.29) is 0 Å². The molecule has 0 heterocycles. The van der Waals surface area contributed by atoms with Crippen LogP contribution in [-0.2, 0) is 0 Å². The van der Waals surface area contributed by atoms with E-state index in [0.717, 1.165) is 0 Å². The van der Waals surface area contributed by atoms with E-state index < -0.39 is 0 Å². The SMILES string of the molecule is c1ccc2cc(-c3ccc(-c4ccc(-c5ccc6ccc7cccc8ccc5c6c78)cc4)c(-c4ccc5ccc6cccc7ccc4c5c67)c3)ccc2c1. The van der Waals surface area contributed by atoms with E-state index in [1.807, 2.05) is 0 Å². The maximum absolute atomic E-state index is 2.42. The van der Waals surface area contributed by atoms with Gasteiger partial charge < -0.3 is 0 Å². The maximum Gasteiger partial charge on any atom is -0.00206 e.